The van der Waals surface area contributed by atoms with Crippen LogP contribution in [0.15, 0.2) is 0 Å². The van der Waals surface area contributed by atoms with Gasteiger partial charge < -0.3 is 15.3 Å². The largest absolute Gasteiger partial charge is 0.394 e. The molecule has 1 saturated carbocycles. The van der Waals surface area contributed by atoms with E-state index >= 15 is 0 Å². The van der Waals surface area contributed by atoms with Crippen LogP contribution in [-0.2, 0) is 0 Å². The van der Waals surface area contributed by atoms with E-state index in [1.165, 1.54) is 12.8 Å². The highest BCUT2D eigenvalue weighted by atomic mass is 16.3. The third-order valence-electron chi connectivity index (χ3n) is 3.69. The van der Waals surface area contributed by atoms with Crippen LogP contribution >= 0.6 is 0 Å². The number of hydrogen-bond donors (Lipinski definition) is 2. The lowest BCUT2D eigenvalue weighted by Crippen LogP contribution is -2.48. The molecule has 1 fully saturated rings. The number of nitrogens with zero attached hydrogens (tertiary/aromatic N) is 1. The van der Waals surface area contributed by atoms with E-state index in [4.69, 9.17) is 0 Å². The van der Waals surface area contributed by atoms with Gasteiger partial charge in [-0.15, -0.1) is 0 Å². The van der Waals surface area contributed by atoms with E-state index in [9.17, 15) is 5.11 Å². The van der Waals surface area contributed by atoms with E-state index < -0.39 is 0 Å². The molecule has 3 heteroatoms. The van der Waals surface area contributed by atoms with Crippen LogP contribution in [0.5, 0.6) is 0 Å². The minimum Gasteiger partial charge on any atom is -0.394 e. The summed E-state index contributed by atoms with van der Waals surface area (Å²) in [4.78, 5) is 2.41. The SMILES string of the molecule is CCN(CC)CCNC1(CO)CCCC1. The van der Waals surface area contributed by atoms with Crippen LogP contribution < -0.4 is 5.32 Å². The van der Waals surface area contributed by atoms with Crippen LogP contribution in [0, 0.1) is 0 Å². The standard InChI is InChI=1S/C12H26N2O/c1-3-14(4-2)10-9-13-12(11-15)7-5-6-8-12/h13,15H,3-11H2,1-2H3. The summed E-state index contributed by atoms with van der Waals surface area (Å²) in [5.74, 6) is 0. The first-order valence-electron chi connectivity index (χ1n) is 6.34. The van der Waals surface area contributed by atoms with E-state index in [0.29, 0.717) is 6.61 Å². The van der Waals surface area contributed by atoms with Crippen molar-refractivity contribution >= 4 is 0 Å². The van der Waals surface area contributed by atoms with Crippen molar-refractivity contribution in [3.63, 3.8) is 0 Å². The van der Waals surface area contributed by atoms with Crippen LogP contribution in [0.25, 0.3) is 0 Å². The number of aliphatic hydroxyl groups is 1. The van der Waals surface area contributed by atoms with Gasteiger partial charge in [0.2, 0.25) is 0 Å². The first kappa shape index (κ1) is 12.9. The van der Waals surface area contributed by atoms with Crippen LogP contribution in [0.4, 0.5) is 0 Å². The average molecular weight is 214 g/mol. The minimum absolute atomic E-state index is 0.0488. The summed E-state index contributed by atoms with van der Waals surface area (Å²) in [5, 5.41) is 13.0. The Labute approximate surface area is 93.9 Å². The maximum atomic E-state index is 9.42. The molecule has 1 aliphatic carbocycles. The topological polar surface area (TPSA) is 35.5 Å². The van der Waals surface area contributed by atoms with Gasteiger partial charge in [0, 0.05) is 18.6 Å². The number of aliphatic hydroxyl groups excluding tert-OH is 1. The van der Waals surface area contributed by atoms with E-state index in [1.807, 2.05) is 0 Å². The molecule has 0 amide bonds. The smallest absolute Gasteiger partial charge is 0.0613 e. The quantitative estimate of drug-likeness (QED) is 0.669. The van der Waals surface area contributed by atoms with Gasteiger partial charge in [-0.25, -0.2) is 0 Å². The zero-order chi connectivity index (χ0) is 11.1. The molecule has 0 aromatic heterocycles. The summed E-state index contributed by atoms with van der Waals surface area (Å²) < 4.78 is 0. The molecule has 2 N–H and O–H groups in total. The summed E-state index contributed by atoms with van der Waals surface area (Å²) in [6.45, 7) is 9.01. The highest BCUT2D eigenvalue weighted by molar-refractivity contribution is 4.92. The molecule has 90 valence electrons. The Morgan fingerprint density at radius 2 is 1.80 bits per heavy atom. The maximum absolute atomic E-state index is 9.42. The van der Waals surface area contributed by atoms with Gasteiger partial charge >= 0.3 is 0 Å². The second-order valence-electron chi connectivity index (χ2n) is 4.60. The molecule has 0 heterocycles. The Morgan fingerprint density at radius 3 is 2.27 bits per heavy atom. The van der Waals surface area contributed by atoms with Gasteiger partial charge in [0.05, 0.1) is 6.61 Å². The lowest BCUT2D eigenvalue weighted by molar-refractivity contribution is 0.158. The molecule has 0 radical (unpaired) electrons. The van der Waals surface area contributed by atoms with Gasteiger partial charge in [-0.3, -0.25) is 0 Å². The summed E-state index contributed by atoms with van der Waals surface area (Å²) >= 11 is 0. The van der Waals surface area contributed by atoms with E-state index in [1.54, 1.807) is 0 Å². The fourth-order valence-electron chi connectivity index (χ4n) is 2.46. The predicted octanol–water partition coefficient (Wildman–Crippen LogP) is 1.22. The van der Waals surface area contributed by atoms with Crippen molar-refractivity contribution in [1.29, 1.82) is 0 Å². The molecule has 15 heavy (non-hydrogen) atoms. The average Bonchev–Trinajstić information content (AvgIpc) is 2.74. The molecule has 0 bridgehead atoms. The van der Waals surface area contributed by atoms with Crippen LogP contribution in [-0.4, -0.2) is 48.3 Å². The number of hydrogen-bond acceptors (Lipinski definition) is 3. The Balaban J connectivity index is 2.22. The Kier molecular flexibility index (Phi) is 5.58. The van der Waals surface area contributed by atoms with Crippen LogP contribution in [0.2, 0.25) is 0 Å². The van der Waals surface area contributed by atoms with Crippen LogP contribution in [0.1, 0.15) is 39.5 Å². The Hall–Kier alpha value is -0.120. The van der Waals surface area contributed by atoms with Crippen molar-refractivity contribution in [2.24, 2.45) is 0 Å². The minimum atomic E-state index is 0.0488. The highest BCUT2D eigenvalue weighted by Gasteiger charge is 2.32. The fourth-order valence-corrected chi connectivity index (χ4v) is 2.46. The molecule has 0 aliphatic heterocycles. The molecule has 0 unspecified atom stereocenters. The maximum Gasteiger partial charge on any atom is 0.0613 e. The van der Waals surface area contributed by atoms with Gasteiger partial charge in [0.15, 0.2) is 0 Å². The molecule has 0 spiro atoms. The van der Waals surface area contributed by atoms with Crippen molar-refractivity contribution in [3.8, 4) is 0 Å². The first-order chi connectivity index (χ1) is 7.26. The molecular weight excluding hydrogens is 188 g/mol. The van der Waals surface area contributed by atoms with Crippen molar-refractivity contribution in [1.82, 2.24) is 10.2 Å². The third kappa shape index (κ3) is 3.74. The Morgan fingerprint density at radius 1 is 1.20 bits per heavy atom. The second-order valence-corrected chi connectivity index (χ2v) is 4.60. The molecular formula is C12H26N2O. The predicted molar refractivity (Wildman–Crippen MR) is 64.1 cm³/mol. The van der Waals surface area contributed by atoms with E-state index in [2.05, 4.69) is 24.1 Å². The highest BCUT2D eigenvalue weighted by Crippen LogP contribution is 2.28. The van der Waals surface area contributed by atoms with Crippen LogP contribution in [0.3, 0.4) is 0 Å². The van der Waals surface area contributed by atoms with Crippen molar-refractivity contribution in [3.05, 3.63) is 0 Å². The summed E-state index contributed by atoms with van der Waals surface area (Å²) in [6.07, 6.45) is 4.81. The van der Waals surface area contributed by atoms with Gasteiger partial charge in [0.25, 0.3) is 0 Å². The number of rotatable bonds is 7. The molecule has 0 atom stereocenters. The fraction of sp³-hybridized carbons (Fsp3) is 1.00. The zero-order valence-corrected chi connectivity index (χ0v) is 10.3. The van der Waals surface area contributed by atoms with E-state index in [0.717, 1.165) is 39.0 Å². The number of nitrogens with one attached hydrogen (secondary N) is 1. The first-order valence-corrected chi connectivity index (χ1v) is 6.34. The van der Waals surface area contributed by atoms with Gasteiger partial charge in [-0.05, 0) is 25.9 Å². The zero-order valence-electron chi connectivity index (χ0n) is 10.3. The lowest BCUT2D eigenvalue weighted by Gasteiger charge is -2.29. The number of likely N-dealkylation sites (N-methyl/N-ethyl adjacent to an activating group) is 1. The summed E-state index contributed by atoms with van der Waals surface area (Å²) in [7, 11) is 0. The third-order valence-corrected chi connectivity index (χ3v) is 3.69. The van der Waals surface area contributed by atoms with Gasteiger partial charge in [0.1, 0.15) is 0 Å². The van der Waals surface area contributed by atoms with Crippen molar-refractivity contribution < 1.29 is 5.11 Å². The molecule has 0 aromatic carbocycles. The van der Waals surface area contributed by atoms with Crippen molar-refractivity contribution in [2.75, 3.05) is 32.8 Å². The normalized spacial score (nSPS) is 20.0. The molecule has 3 nitrogen and oxygen atoms in total. The summed E-state index contributed by atoms with van der Waals surface area (Å²) in [6, 6.07) is 0. The lowest BCUT2D eigenvalue weighted by atomic mass is 9.99. The van der Waals surface area contributed by atoms with E-state index in [-0.39, 0.29) is 5.54 Å². The van der Waals surface area contributed by atoms with Gasteiger partial charge in [-0.2, -0.15) is 0 Å². The summed E-state index contributed by atoms with van der Waals surface area (Å²) in [5.41, 5.74) is 0.0488. The Bertz CT molecular complexity index is 163. The monoisotopic (exact) mass is 214 g/mol. The molecule has 0 aromatic rings. The van der Waals surface area contributed by atoms with Gasteiger partial charge in [-0.1, -0.05) is 26.7 Å². The molecule has 1 rings (SSSR count). The second kappa shape index (κ2) is 6.46. The molecule has 0 saturated heterocycles. The van der Waals surface area contributed by atoms with Crippen molar-refractivity contribution in [2.45, 2.75) is 45.1 Å². The molecule has 1 aliphatic rings.